The Kier molecular flexibility index (Phi) is 4.52. The molecule has 1 N–H and O–H groups in total. The first-order valence-corrected chi connectivity index (χ1v) is 11.3. The second-order valence-electron chi connectivity index (χ2n) is 8.84. The number of nitrogens with one attached hydrogen (secondary N) is 1. The van der Waals surface area contributed by atoms with Crippen LogP contribution in [0.5, 0.6) is 0 Å². The van der Waals surface area contributed by atoms with Crippen LogP contribution in [0.15, 0.2) is 108 Å². The minimum atomic E-state index is -1.06. The van der Waals surface area contributed by atoms with Crippen LogP contribution in [0.4, 0.5) is 11.5 Å². The maximum atomic E-state index is 14.1. The highest BCUT2D eigenvalue weighted by molar-refractivity contribution is 6.24. The van der Waals surface area contributed by atoms with Gasteiger partial charge in [-0.3, -0.25) is 9.59 Å². The van der Waals surface area contributed by atoms with Crippen molar-refractivity contribution in [3.05, 3.63) is 130 Å². The molecule has 5 nitrogen and oxygen atoms in total. The molecular formula is C29H23N3O2. The zero-order valence-corrected chi connectivity index (χ0v) is 18.7. The smallest absolute Gasteiger partial charge is 0.257 e. The molecule has 3 heterocycles. The Hall–Kier alpha value is -4.38. The topological polar surface area (TPSA) is 56.4 Å². The molecule has 6 rings (SSSR count). The molecule has 0 saturated heterocycles. The van der Waals surface area contributed by atoms with E-state index in [4.69, 9.17) is 0 Å². The summed E-state index contributed by atoms with van der Waals surface area (Å²) in [4.78, 5) is 34.1. The van der Waals surface area contributed by atoms with Crippen molar-refractivity contribution in [2.45, 2.75) is 19.0 Å². The lowest BCUT2D eigenvalue weighted by atomic mass is 9.89. The van der Waals surface area contributed by atoms with Crippen LogP contribution in [-0.4, -0.2) is 21.2 Å². The fourth-order valence-electron chi connectivity index (χ4n) is 4.91. The summed E-state index contributed by atoms with van der Waals surface area (Å²) in [6.07, 6.45) is 7.78. The minimum Gasteiger partial charge on any atom is -0.350 e. The van der Waals surface area contributed by atoms with E-state index in [1.807, 2.05) is 97.0 Å². The number of aromatic nitrogens is 1. The molecule has 0 unspecified atom stereocenters. The van der Waals surface area contributed by atoms with Crippen LogP contribution in [0.1, 0.15) is 21.5 Å². The minimum absolute atomic E-state index is 0.0533. The van der Waals surface area contributed by atoms with E-state index in [2.05, 4.69) is 22.0 Å². The number of rotatable bonds is 3. The zero-order valence-electron chi connectivity index (χ0n) is 18.7. The Morgan fingerprint density at radius 1 is 0.794 bits per heavy atom. The summed E-state index contributed by atoms with van der Waals surface area (Å²) < 4.78 is 0. The number of aryl methyl sites for hydroxylation is 1. The number of pyridine rings is 1. The van der Waals surface area contributed by atoms with Gasteiger partial charge in [-0.25, -0.2) is 0 Å². The van der Waals surface area contributed by atoms with Gasteiger partial charge >= 0.3 is 0 Å². The van der Waals surface area contributed by atoms with Gasteiger partial charge in [-0.1, -0.05) is 66.2 Å². The fourth-order valence-corrected chi connectivity index (χ4v) is 4.91. The largest absolute Gasteiger partial charge is 0.350 e. The van der Waals surface area contributed by atoms with Gasteiger partial charge in [0.1, 0.15) is 11.4 Å². The lowest BCUT2D eigenvalue weighted by Gasteiger charge is -2.37. The summed E-state index contributed by atoms with van der Waals surface area (Å²) in [6.45, 7) is 2.73. The normalized spacial score (nSPS) is 16.0. The number of Topliss-reactive ketones (excluding diaryl/α,β-unsaturated/α-hetero) is 1. The molecule has 0 aliphatic carbocycles. The van der Waals surface area contributed by atoms with E-state index in [-0.39, 0.29) is 11.3 Å². The van der Waals surface area contributed by atoms with Crippen LogP contribution < -0.4 is 10.5 Å². The van der Waals surface area contributed by atoms with Crippen molar-refractivity contribution in [2.75, 3.05) is 4.90 Å². The first-order chi connectivity index (χ1) is 16.6. The second-order valence-corrected chi connectivity index (χ2v) is 8.84. The number of fused-ring (bicyclic) bond motifs is 3. The van der Waals surface area contributed by atoms with E-state index < -0.39 is 5.54 Å². The maximum Gasteiger partial charge on any atom is 0.257 e. The fraction of sp³-hybridized carbons (Fsp3) is 0.103. The van der Waals surface area contributed by atoms with Gasteiger partial charge in [0.2, 0.25) is 5.78 Å². The Bertz CT molecular complexity index is 1520. The van der Waals surface area contributed by atoms with Gasteiger partial charge in [0.05, 0.1) is 5.56 Å². The van der Waals surface area contributed by atoms with E-state index in [1.54, 1.807) is 6.07 Å². The quantitative estimate of drug-likeness (QED) is 0.455. The number of H-pyrrole nitrogens is 1. The number of benzene rings is 3. The highest BCUT2D eigenvalue weighted by Crippen LogP contribution is 2.47. The van der Waals surface area contributed by atoms with Crippen LogP contribution in [0, 0.1) is 6.92 Å². The third-order valence-electron chi connectivity index (χ3n) is 6.63. The molecule has 2 aliphatic heterocycles. The van der Waals surface area contributed by atoms with Crippen LogP contribution >= 0.6 is 0 Å². The van der Waals surface area contributed by atoms with Crippen LogP contribution in [0.2, 0.25) is 0 Å². The summed E-state index contributed by atoms with van der Waals surface area (Å²) in [5, 5.41) is 1.19. The highest BCUT2D eigenvalue weighted by Gasteiger charge is 2.51. The average molecular weight is 446 g/mol. The lowest BCUT2D eigenvalue weighted by Crippen LogP contribution is -2.46. The first kappa shape index (κ1) is 20.2. The number of carbonyl (C=O) groups excluding carboxylic acids is 1. The van der Waals surface area contributed by atoms with Crippen molar-refractivity contribution in [1.29, 1.82) is 0 Å². The molecule has 5 heteroatoms. The summed E-state index contributed by atoms with van der Waals surface area (Å²) in [7, 11) is 0. The zero-order chi connectivity index (χ0) is 23.3. The van der Waals surface area contributed by atoms with Crippen molar-refractivity contribution < 1.29 is 4.79 Å². The predicted molar refractivity (Wildman–Crippen MR) is 135 cm³/mol. The molecule has 0 atom stereocenters. The van der Waals surface area contributed by atoms with Gasteiger partial charge in [-0.05, 0) is 42.8 Å². The van der Waals surface area contributed by atoms with Crippen LogP contribution in [0.3, 0.4) is 0 Å². The summed E-state index contributed by atoms with van der Waals surface area (Å²) in [5.41, 5.74) is 2.43. The highest BCUT2D eigenvalue weighted by atomic mass is 16.1. The molecule has 34 heavy (non-hydrogen) atoms. The third-order valence-corrected chi connectivity index (χ3v) is 6.63. The van der Waals surface area contributed by atoms with Crippen molar-refractivity contribution in [3.8, 4) is 0 Å². The summed E-state index contributed by atoms with van der Waals surface area (Å²) in [5.74, 6) is 0.478. The monoisotopic (exact) mass is 445 g/mol. The van der Waals surface area contributed by atoms with Crippen molar-refractivity contribution in [1.82, 2.24) is 9.88 Å². The Morgan fingerprint density at radius 3 is 2.15 bits per heavy atom. The van der Waals surface area contributed by atoms with Gasteiger partial charge in [-0.2, -0.15) is 0 Å². The van der Waals surface area contributed by atoms with Gasteiger partial charge in [0, 0.05) is 35.4 Å². The van der Waals surface area contributed by atoms with Crippen molar-refractivity contribution in [2.24, 2.45) is 0 Å². The molecule has 1 spiro atoms. The molecule has 4 aromatic rings. The number of anilines is 2. The molecule has 0 fully saturated rings. The SMILES string of the molecule is Cc1ccc(N2c3[nH]c(=O)c4ccccc4c3C(=O)C23C=CN(Cc2ccccc2)C=C3)cc1. The van der Waals surface area contributed by atoms with Crippen molar-refractivity contribution >= 4 is 28.1 Å². The van der Waals surface area contributed by atoms with Gasteiger partial charge in [-0.15, -0.1) is 0 Å². The Labute approximate surface area is 197 Å². The van der Waals surface area contributed by atoms with Gasteiger partial charge < -0.3 is 14.8 Å². The van der Waals surface area contributed by atoms with Gasteiger partial charge in [0.25, 0.3) is 5.56 Å². The second kappa shape index (κ2) is 7.59. The van der Waals surface area contributed by atoms with E-state index in [0.717, 1.165) is 11.3 Å². The molecule has 0 saturated carbocycles. The standard InChI is InChI=1S/C29H23N3O2/c1-20-11-13-22(14-12-20)32-27-25(23-9-5-6-10-24(23)28(34)30-27)26(33)29(32)15-17-31(18-16-29)19-21-7-3-2-4-8-21/h2-18H,19H2,1H3,(H,30,34). The number of nitrogens with zero attached hydrogens (tertiary/aromatic N) is 2. The number of aromatic amines is 1. The molecule has 2 aliphatic rings. The molecular weight excluding hydrogens is 422 g/mol. The average Bonchev–Trinajstić information content (AvgIpc) is 3.09. The molecule has 0 bridgehead atoms. The summed E-state index contributed by atoms with van der Waals surface area (Å²) in [6, 6.07) is 25.5. The number of ketones is 1. The molecule has 0 radical (unpaired) electrons. The third kappa shape index (κ3) is 3.01. The van der Waals surface area contributed by atoms with Crippen LogP contribution in [0.25, 0.3) is 10.8 Å². The molecule has 1 aromatic heterocycles. The molecule has 3 aromatic carbocycles. The van der Waals surface area contributed by atoms with E-state index >= 15 is 0 Å². The first-order valence-electron chi connectivity index (χ1n) is 11.3. The van der Waals surface area contributed by atoms with E-state index in [0.29, 0.717) is 28.7 Å². The summed E-state index contributed by atoms with van der Waals surface area (Å²) >= 11 is 0. The van der Waals surface area contributed by atoms with Crippen LogP contribution in [-0.2, 0) is 6.54 Å². The van der Waals surface area contributed by atoms with Gasteiger partial charge in [0.15, 0.2) is 0 Å². The van der Waals surface area contributed by atoms with Crippen molar-refractivity contribution in [3.63, 3.8) is 0 Å². The van der Waals surface area contributed by atoms with E-state index in [9.17, 15) is 9.59 Å². The number of hydrogen-bond acceptors (Lipinski definition) is 4. The molecule has 166 valence electrons. The maximum absolute atomic E-state index is 14.1. The number of hydrogen-bond donors (Lipinski definition) is 1. The Balaban J connectivity index is 1.51. The Morgan fingerprint density at radius 2 is 1.44 bits per heavy atom. The predicted octanol–water partition coefficient (Wildman–Crippen LogP) is 5.45. The number of carbonyl (C=O) groups is 1. The van der Waals surface area contributed by atoms with E-state index in [1.165, 1.54) is 5.56 Å². The lowest BCUT2D eigenvalue weighted by molar-refractivity contribution is 0.0958. The molecule has 0 amide bonds.